The third-order valence-electron chi connectivity index (χ3n) is 2.64. The summed E-state index contributed by atoms with van der Waals surface area (Å²) in [6.45, 7) is 0. The van der Waals surface area contributed by atoms with E-state index in [2.05, 4.69) is 9.44 Å². The topological polar surface area (TPSA) is 55.7 Å². The molecular formula is C14H9ClF3NO3S. The van der Waals surface area contributed by atoms with Crippen molar-refractivity contribution in [2.75, 3.05) is 0 Å². The number of hydrogen-bond donors (Lipinski definition) is 0. The van der Waals surface area contributed by atoms with Gasteiger partial charge < -0.3 is 0 Å². The van der Waals surface area contributed by atoms with Crippen molar-refractivity contribution in [3.63, 3.8) is 0 Å². The molecule has 0 saturated carbocycles. The van der Waals surface area contributed by atoms with Gasteiger partial charge in [-0.2, -0.15) is 21.6 Å². The summed E-state index contributed by atoms with van der Waals surface area (Å²) in [4.78, 5) is -0.304. The number of hydrogen-bond acceptors (Lipinski definition) is 4. The van der Waals surface area contributed by atoms with E-state index in [1.807, 2.05) is 0 Å². The summed E-state index contributed by atoms with van der Waals surface area (Å²) in [5, 5.41) is 3.03. The largest absolute Gasteiger partial charge is 0.437 e. The van der Waals surface area contributed by atoms with Crippen LogP contribution in [0.2, 0.25) is 5.02 Å². The maximum atomic E-state index is 13.0. The average Bonchev–Trinajstić information content (AvgIpc) is 2.49. The van der Waals surface area contributed by atoms with E-state index in [9.17, 15) is 21.6 Å². The minimum absolute atomic E-state index is 0.230. The lowest BCUT2D eigenvalue weighted by molar-refractivity contribution is -0.0597. The second-order valence-corrected chi connectivity index (χ2v) is 6.25. The highest BCUT2D eigenvalue weighted by molar-refractivity contribution is 7.86. The molecule has 0 amide bonds. The Bertz CT molecular complexity index is 803. The molecule has 122 valence electrons. The van der Waals surface area contributed by atoms with E-state index in [-0.39, 0.29) is 15.5 Å². The minimum Gasteiger partial charge on any atom is -0.264 e. The van der Waals surface area contributed by atoms with Gasteiger partial charge in [-0.1, -0.05) is 47.1 Å². The van der Waals surface area contributed by atoms with Crippen molar-refractivity contribution in [3.05, 3.63) is 65.2 Å². The van der Waals surface area contributed by atoms with Crippen molar-refractivity contribution in [3.8, 4) is 0 Å². The Hall–Kier alpha value is -2.06. The molecule has 0 spiro atoms. The molecule has 0 unspecified atom stereocenters. The van der Waals surface area contributed by atoms with E-state index >= 15 is 0 Å². The third kappa shape index (κ3) is 4.46. The molecule has 0 aromatic heterocycles. The highest BCUT2D eigenvalue weighted by Gasteiger charge is 2.38. The van der Waals surface area contributed by atoms with E-state index in [0.29, 0.717) is 0 Å². The lowest BCUT2D eigenvalue weighted by atomic mass is 10.1. The Morgan fingerprint density at radius 3 is 2.09 bits per heavy atom. The summed E-state index contributed by atoms with van der Waals surface area (Å²) in [6, 6.07) is 11.3. The van der Waals surface area contributed by atoms with E-state index in [1.54, 1.807) is 6.07 Å². The molecule has 9 heteroatoms. The smallest absolute Gasteiger partial charge is 0.264 e. The van der Waals surface area contributed by atoms with Gasteiger partial charge in [0.05, 0.1) is 0 Å². The van der Waals surface area contributed by atoms with Crippen molar-refractivity contribution in [1.29, 1.82) is 0 Å². The van der Waals surface area contributed by atoms with E-state index in [4.69, 9.17) is 11.6 Å². The molecule has 0 atom stereocenters. The number of nitrogens with zero attached hydrogens (tertiary/aromatic N) is 1. The van der Waals surface area contributed by atoms with Crippen LogP contribution in [0.3, 0.4) is 0 Å². The maximum absolute atomic E-state index is 13.0. The maximum Gasteiger partial charge on any atom is 0.437 e. The van der Waals surface area contributed by atoms with Crippen LogP contribution in [-0.4, -0.2) is 20.3 Å². The summed E-state index contributed by atoms with van der Waals surface area (Å²) in [7, 11) is -4.45. The predicted octanol–water partition coefficient (Wildman–Crippen LogP) is 4.01. The molecule has 2 aromatic rings. The van der Waals surface area contributed by atoms with Crippen molar-refractivity contribution < 1.29 is 25.9 Å². The van der Waals surface area contributed by atoms with E-state index in [1.165, 1.54) is 36.4 Å². The molecular weight excluding hydrogens is 355 g/mol. The van der Waals surface area contributed by atoms with Crippen molar-refractivity contribution in [1.82, 2.24) is 0 Å². The van der Waals surface area contributed by atoms with Gasteiger partial charge in [-0.3, -0.25) is 4.28 Å². The Morgan fingerprint density at radius 1 is 1.00 bits per heavy atom. The zero-order valence-corrected chi connectivity index (χ0v) is 12.9. The highest BCUT2D eigenvalue weighted by atomic mass is 35.5. The van der Waals surface area contributed by atoms with Gasteiger partial charge >= 0.3 is 16.3 Å². The van der Waals surface area contributed by atoms with E-state index < -0.39 is 22.0 Å². The van der Waals surface area contributed by atoms with Crippen LogP contribution in [0.5, 0.6) is 0 Å². The molecule has 0 aliphatic carbocycles. The number of alkyl halides is 3. The quantitative estimate of drug-likeness (QED) is 0.609. The first-order chi connectivity index (χ1) is 10.7. The predicted molar refractivity (Wildman–Crippen MR) is 78.8 cm³/mol. The lowest BCUT2D eigenvalue weighted by Crippen LogP contribution is -2.25. The van der Waals surface area contributed by atoms with Crippen molar-refractivity contribution in [2.45, 2.75) is 11.1 Å². The van der Waals surface area contributed by atoms with Crippen LogP contribution in [0.1, 0.15) is 5.56 Å². The van der Waals surface area contributed by atoms with Crippen LogP contribution in [-0.2, 0) is 14.4 Å². The van der Waals surface area contributed by atoms with Crippen LogP contribution >= 0.6 is 11.6 Å². The molecule has 0 fully saturated rings. The molecule has 2 rings (SSSR count). The minimum atomic E-state index is -4.90. The van der Waals surface area contributed by atoms with Gasteiger partial charge in [0.15, 0.2) is 5.71 Å². The Kier molecular flexibility index (Phi) is 4.96. The Morgan fingerprint density at radius 2 is 1.57 bits per heavy atom. The van der Waals surface area contributed by atoms with Crippen LogP contribution in [0, 0.1) is 0 Å². The van der Waals surface area contributed by atoms with Gasteiger partial charge in [0.2, 0.25) is 0 Å². The fraction of sp³-hybridized carbons (Fsp3) is 0.0714. The third-order valence-corrected chi connectivity index (χ3v) is 4.02. The van der Waals surface area contributed by atoms with Gasteiger partial charge in [0, 0.05) is 10.6 Å². The summed E-state index contributed by atoms with van der Waals surface area (Å²) < 4.78 is 67.0. The first-order valence-corrected chi connectivity index (χ1v) is 7.88. The molecule has 0 radical (unpaired) electrons. The number of rotatable bonds is 4. The molecule has 0 aliphatic rings. The standard InChI is InChI=1S/C14H9ClF3NO3S/c15-11-8-6-10(7-9-11)13(14(16,17)18)19-22-23(20,21)12-4-2-1-3-5-12/h1-9H/b19-13-. The van der Waals surface area contributed by atoms with Gasteiger partial charge in [-0.25, -0.2) is 0 Å². The van der Waals surface area contributed by atoms with Gasteiger partial charge in [0.25, 0.3) is 0 Å². The molecule has 23 heavy (non-hydrogen) atoms. The monoisotopic (exact) mass is 363 g/mol. The van der Waals surface area contributed by atoms with Crippen molar-refractivity contribution >= 4 is 27.4 Å². The second kappa shape index (κ2) is 6.59. The molecule has 2 aromatic carbocycles. The first kappa shape index (κ1) is 17.3. The fourth-order valence-electron chi connectivity index (χ4n) is 1.59. The Labute approximate surface area is 135 Å². The van der Waals surface area contributed by atoms with Gasteiger partial charge in [-0.05, 0) is 24.3 Å². The second-order valence-electron chi connectivity index (χ2n) is 4.29. The molecule has 0 N–H and O–H groups in total. The van der Waals surface area contributed by atoms with Crippen LogP contribution in [0.4, 0.5) is 13.2 Å². The summed E-state index contributed by atoms with van der Waals surface area (Å²) in [5.74, 6) is 0. The lowest BCUT2D eigenvalue weighted by Gasteiger charge is -2.10. The van der Waals surface area contributed by atoms with Gasteiger partial charge in [0.1, 0.15) is 4.90 Å². The zero-order valence-electron chi connectivity index (χ0n) is 11.3. The number of oxime groups is 1. The number of benzene rings is 2. The average molecular weight is 364 g/mol. The molecule has 0 bridgehead atoms. The molecule has 4 nitrogen and oxygen atoms in total. The van der Waals surface area contributed by atoms with E-state index in [0.717, 1.165) is 12.1 Å². The molecule has 0 aliphatic heterocycles. The normalized spacial score (nSPS) is 13.0. The summed E-state index contributed by atoms with van der Waals surface area (Å²) in [5.41, 5.74) is -1.85. The Balaban J connectivity index is 2.37. The zero-order chi connectivity index (χ0) is 17.1. The summed E-state index contributed by atoms with van der Waals surface area (Å²) >= 11 is 5.61. The van der Waals surface area contributed by atoms with Crippen LogP contribution in [0.25, 0.3) is 0 Å². The number of halogens is 4. The van der Waals surface area contributed by atoms with Crippen LogP contribution < -0.4 is 0 Å². The van der Waals surface area contributed by atoms with Gasteiger partial charge in [-0.15, -0.1) is 0 Å². The first-order valence-electron chi connectivity index (χ1n) is 6.10. The SMILES string of the molecule is O=S(=O)(O/N=C(/c1ccc(Cl)cc1)C(F)(F)F)c1ccccc1. The molecule has 0 saturated heterocycles. The van der Waals surface area contributed by atoms with Crippen LogP contribution in [0.15, 0.2) is 64.6 Å². The summed E-state index contributed by atoms with van der Waals surface area (Å²) in [6.07, 6.45) is -4.90. The van der Waals surface area contributed by atoms with Crippen molar-refractivity contribution in [2.24, 2.45) is 5.16 Å². The fourth-order valence-corrected chi connectivity index (χ4v) is 2.47. The molecule has 0 heterocycles. The highest BCUT2D eigenvalue weighted by Crippen LogP contribution is 2.25.